The van der Waals surface area contributed by atoms with Crippen molar-refractivity contribution in [2.45, 2.75) is 0 Å². The highest BCUT2D eigenvalue weighted by Gasteiger charge is 2.14. The Bertz CT molecular complexity index is 1260. The number of benzene rings is 2. The Morgan fingerprint density at radius 3 is 2.35 bits per heavy atom. The van der Waals surface area contributed by atoms with E-state index < -0.39 is 26.9 Å². The summed E-state index contributed by atoms with van der Waals surface area (Å²) in [6.07, 6.45) is 2.79. The molecule has 1 aromatic heterocycles. The lowest BCUT2D eigenvalue weighted by molar-refractivity contribution is -0.402. The molecule has 13 heteroatoms. The predicted molar refractivity (Wildman–Crippen MR) is 114 cm³/mol. The van der Waals surface area contributed by atoms with Crippen molar-refractivity contribution in [2.75, 3.05) is 5.32 Å². The lowest BCUT2D eigenvalue weighted by Gasteiger charge is -2.04. The fourth-order valence-electron chi connectivity index (χ4n) is 2.32. The zero-order valence-corrected chi connectivity index (χ0v) is 16.8. The first kappa shape index (κ1) is 23.3. The number of halogens is 2. The molecule has 3 rings (SSSR count). The van der Waals surface area contributed by atoms with Crippen LogP contribution in [0.15, 0.2) is 59.8 Å². The Balaban J connectivity index is 0.000000220. The summed E-state index contributed by atoms with van der Waals surface area (Å²) in [5.41, 5.74) is -0.411. The molecule has 0 spiro atoms. The molecule has 0 fully saturated rings. The number of carboxylic acid groups (broad SMARTS) is 1. The highest BCUT2D eigenvalue weighted by molar-refractivity contribution is 6.31. The third kappa shape index (κ3) is 6.26. The second-order valence-electron chi connectivity index (χ2n) is 5.69. The Morgan fingerprint density at radius 1 is 1.10 bits per heavy atom. The fraction of sp³-hybridized carbons (Fsp3) is 0. The van der Waals surface area contributed by atoms with E-state index in [9.17, 15) is 29.8 Å². The molecule has 3 N–H and O–H groups in total. The summed E-state index contributed by atoms with van der Waals surface area (Å²) < 4.78 is 0. The largest absolute Gasteiger partial charge is 0.478 e. The summed E-state index contributed by atoms with van der Waals surface area (Å²) in [5, 5.41) is 32.7. The summed E-state index contributed by atoms with van der Waals surface area (Å²) in [6, 6.07) is 8.77. The van der Waals surface area contributed by atoms with Crippen LogP contribution >= 0.6 is 23.2 Å². The van der Waals surface area contributed by atoms with E-state index in [1.165, 1.54) is 24.3 Å². The number of hydrogen-bond donors (Lipinski definition) is 3. The molecule has 0 radical (unpaired) electrons. The summed E-state index contributed by atoms with van der Waals surface area (Å²) >= 11 is 11.3. The van der Waals surface area contributed by atoms with Gasteiger partial charge in [0.05, 0.1) is 38.9 Å². The van der Waals surface area contributed by atoms with Crippen LogP contribution in [0.5, 0.6) is 0 Å². The van der Waals surface area contributed by atoms with E-state index in [1.54, 1.807) is 12.1 Å². The van der Waals surface area contributed by atoms with Crippen molar-refractivity contribution in [3.63, 3.8) is 0 Å². The van der Waals surface area contributed by atoms with Gasteiger partial charge >= 0.3 is 11.7 Å². The maximum atomic E-state index is 11.6. The van der Waals surface area contributed by atoms with Gasteiger partial charge in [0.25, 0.3) is 5.43 Å². The first-order valence-corrected chi connectivity index (χ1v) is 8.90. The van der Waals surface area contributed by atoms with Crippen LogP contribution in [0.4, 0.5) is 11.4 Å². The van der Waals surface area contributed by atoms with E-state index in [0.717, 1.165) is 12.4 Å². The smallest absolute Gasteiger partial charge is 0.337 e. The van der Waals surface area contributed by atoms with Gasteiger partial charge in [-0.2, -0.15) is 0 Å². The number of rotatable bonds is 5. The van der Waals surface area contributed by atoms with Crippen LogP contribution in [-0.4, -0.2) is 25.9 Å². The number of H-pyrrole nitrogens is 1. The monoisotopic (exact) mass is 466 g/mol. The number of aromatic nitrogens is 1. The van der Waals surface area contributed by atoms with Crippen molar-refractivity contribution in [2.24, 2.45) is 0 Å². The lowest BCUT2D eigenvalue weighted by atomic mass is 10.2. The molecule has 0 saturated heterocycles. The quantitative estimate of drug-likeness (QED) is 0.369. The van der Waals surface area contributed by atoms with Crippen molar-refractivity contribution in [3.05, 3.63) is 101 Å². The Hall–Kier alpha value is -3.96. The van der Waals surface area contributed by atoms with Crippen LogP contribution in [0.3, 0.4) is 0 Å². The molecule has 1 heterocycles. The van der Waals surface area contributed by atoms with Gasteiger partial charge in [0.1, 0.15) is 0 Å². The number of anilines is 1. The highest BCUT2D eigenvalue weighted by Crippen LogP contribution is 2.20. The lowest BCUT2D eigenvalue weighted by Crippen LogP contribution is -2.08. The van der Waals surface area contributed by atoms with Crippen LogP contribution in [0, 0.1) is 20.2 Å². The van der Waals surface area contributed by atoms with Crippen LogP contribution in [0.25, 0.3) is 10.9 Å². The predicted octanol–water partition coefficient (Wildman–Crippen LogP) is 4.29. The number of nitro groups is 2. The number of carbonyl (C=O) groups is 1. The molecule has 0 atom stereocenters. The second kappa shape index (κ2) is 10.2. The SMILES string of the molecule is O=C(O)c1cc(Cl)ccc1NC=C[N+](=O)[O-].O=c1c([N+](=O)[O-])c[nH]c2ccc(Cl)cc12. The first-order valence-electron chi connectivity index (χ1n) is 8.15. The zero-order chi connectivity index (χ0) is 23.1. The average molecular weight is 467 g/mol. The Labute approximate surface area is 182 Å². The first-order chi connectivity index (χ1) is 14.6. The van der Waals surface area contributed by atoms with Crippen molar-refractivity contribution < 1.29 is 19.7 Å². The summed E-state index contributed by atoms with van der Waals surface area (Å²) in [5.74, 6) is -1.17. The fourth-order valence-corrected chi connectivity index (χ4v) is 2.67. The van der Waals surface area contributed by atoms with Gasteiger partial charge in [0, 0.05) is 15.6 Å². The molecule has 0 unspecified atom stereocenters. The molecule has 11 nitrogen and oxygen atoms in total. The number of fused-ring (bicyclic) bond motifs is 1. The topological polar surface area (TPSA) is 168 Å². The van der Waals surface area contributed by atoms with Crippen molar-refractivity contribution >= 4 is 51.4 Å². The Morgan fingerprint density at radius 2 is 1.74 bits per heavy atom. The van der Waals surface area contributed by atoms with Gasteiger partial charge in [0.2, 0.25) is 6.20 Å². The van der Waals surface area contributed by atoms with Gasteiger partial charge in [0.15, 0.2) is 0 Å². The maximum absolute atomic E-state index is 11.6. The van der Waals surface area contributed by atoms with E-state index in [4.69, 9.17) is 28.3 Å². The van der Waals surface area contributed by atoms with E-state index in [2.05, 4.69) is 10.3 Å². The van der Waals surface area contributed by atoms with Crippen molar-refractivity contribution in [1.29, 1.82) is 0 Å². The molecule has 31 heavy (non-hydrogen) atoms. The van der Waals surface area contributed by atoms with Gasteiger partial charge < -0.3 is 15.4 Å². The molecule has 0 amide bonds. The van der Waals surface area contributed by atoms with Crippen LogP contribution in [0.1, 0.15) is 10.4 Å². The molecule has 3 aromatic rings. The van der Waals surface area contributed by atoms with Crippen LogP contribution < -0.4 is 10.7 Å². The van der Waals surface area contributed by atoms with Gasteiger partial charge in [-0.3, -0.25) is 25.0 Å². The molecule has 0 aliphatic carbocycles. The highest BCUT2D eigenvalue weighted by atomic mass is 35.5. The molecule has 0 saturated carbocycles. The molecule has 160 valence electrons. The van der Waals surface area contributed by atoms with Gasteiger partial charge in [-0.25, -0.2) is 4.79 Å². The normalized spacial score (nSPS) is 10.4. The third-order valence-corrected chi connectivity index (χ3v) is 4.14. The minimum absolute atomic E-state index is 0.0551. The standard InChI is InChI=1S/C9H7ClN2O4.C9H5ClN2O3/c10-6-1-2-8(7(5-6)9(13)14)11-3-4-12(15)16;10-5-1-2-7-6(3-5)9(13)8(4-11-7)12(14)15/h1-5,11H,(H,13,14);1-4H,(H,11,13). The van der Waals surface area contributed by atoms with E-state index in [1.807, 2.05) is 0 Å². The minimum Gasteiger partial charge on any atom is -0.478 e. The zero-order valence-electron chi connectivity index (χ0n) is 15.2. The molecule has 0 aliphatic heterocycles. The van der Waals surface area contributed by atoms with Crippen molar-refractivity contribution in [3.8, 4) is 0 Å². The molecular formula is C18H12Cl2N4O7. The number of pyridine rings is 1. The summed E-state index contributed by atoms with van der Waals surface area (Å²) in [6.45, 7) is 0. The molecule has 0 bridgehead atoms. The number of carboxylic acids is 1. The average Bonchev–Trinajstić information content (AvgIpc) is 2.69. The maximum Gasteiger partial charge on any atom is 0.337 e. The third-order valence-electron chi connectivity index (χ3n) is 3.67. The molecule has 0 aliphatic rings. The number of aromatic amines is 1. The molecular weight excluding hydrogens is 455 g/mol. The van der Waals surface area contributed by atoms with Gasteiger partial charge in [-0.15, -0.1) is 0 Å². The minimum atomic E-state index is -1.17. The Kier molecular flexibility index (Phi) is 7.66. The van der Waals surface area contributed by atoms with Gasteiger partial charge in [-0.1, -0.05) is 23.2 Å². The van der Waals surface area contributed by atoms with Crippen molar-refractivity contribution in [1.82, 2.24) is 4.98 Å². The van der Waals surface area contributed by atoms with Crippen LogP contribution in [0.2, 0.25) is 10.0 Å². The molecule has 2 aromatic carbocycles. The summed E-state index contributed by atoms with van der Waals surface area (Å²) in [7, 11) is 0. The van der Waals surface area contributed by atoms with E-state index >= 15 is 0 Å². The van der Waals surface area contributed by atoms with Gasteiger partial charge in [-0.05, 0) is 36.4 Å². The van der Waals surface area contributed by atoms with Crippen LogP contribution in [-0.2, 0) is 0 Å². The number of aromatic carboxylic acids is 1. The number of nitrogens with zero attached hydrogens (tertiary/aromatic N) is 2. The van der Waals surface area contributed by atoms with E-state index in [0.29, 0.717) is 16.7 Å². The number of hydrogen-bond acceptors (Lipinski definition) is 7. The number of nitrogens with one attached hydrogen (secondary N) is 2. The summed E-state index contributed by atoms with van der Waals surface area (Å²) in [4.78, 5) is 44.2. The van der Waals surface area contributed by atoms with E-state index in [-0.39, 0.29) is 21.7 Å². The second-order valence-corrected chi connectivity index (χ2v) is 6.56.